The fraction of sp³-hybridized carbons (Fsp3) is 0.720. The van der Waals surface area contributed by atoms with E-state index in [1.807, 2.05) is 19.1 Å². The molecule has 172 valence electrons. The van der Waals surface area contributed by atoms with Gasteiger partial charge in [-0.15, -0.1) is 0 Å². The van der Waals surface area contributed by atoms with E-state index in [1.165, 1.54) is 13.5 Å². The summed E-state index contributed by atoms with van der Waals surface area (Å²) >= 11 is 0. The number of methoxy groups -OCH3 is 1. The normalized spacial score (nSPS) is 37.7. The van der Waals surface area contributed by atoms with Crippen molar-refractivity contribution in [2.75, 3.05) is 7.11 Å². The fourth-order valence-corrected chi connectivity index (χ4v) is 9.66. The molecule has 0 spiro atoms. The van der Waals surface area contributed by atoms with Crippen molar-refractivity contribution >= 4 is 16.0 Å². The number of ether oxygens (including phenoxy) is 1. The summed E-state index contributed by atoms with van der Waals surface area (Å²) < 4.78 is 34.6. The first-order valence-corrected chi connectivity index (χ1v) is 13.0. The minimum atomic E-state index is -3.85. The Morgan fingerprint density at radius 3 is 2.29 bits per heavy atom. The third kappa shape index (κ3) is 3.28. The number of carbonyl (C=O) groups excluding carboxylic acids is 1. The van der Waals surface area contributed by atoms with E-state index in [2.05, 4.69) is 27.7 Å². The summed E-state index contributed by atoms with van der Waals surface area (Å²) in [5, 5.41) is 0. The van der Waals surface area contributed by atoms with Crippen molar-refractivity contribution in [3.8, 4) is 0 Å². The van der Waals surface area contributed by atoms with Gasteiger partial charge in [0.2, 0.25) is 10.0 Å². The van der Waals surface area contributed by atoms with Gasteiger partial charge in [-0.1, -0.05) is 44.9 Å². The molecule has 0 amide bonds. The molecular weight excluding hydrogens is 410 g/mol. The highest BCUT2D eigenvalue weighted by Crippen LogP contribution is 2.66. The van der Waals surface area contributed by atoms with Crippen LogP contribution in [0.5, 0.6) is 0 Å². The molecule has 1 saturated heterocycles. The molecule has 5 unspecified atom stereocenters. The number of hydrogen-bond donors (Lipinski definition) is 0. The van der Waals surface area contributed by atoms with Gasteiger partial charge in [0.05, 0.1) is 12.0 Å². The zero-order valence-corrected chi connectivity index (χ0v) is 20.6. The quantitative estimate of drug-likeness (QED) is 0.616. The maximum absolute atomic E-state index is 13.9. The zero-order valence-electron chi connectivity index (χ0n) is 19.8. The SMILES string of the molecule is COC(=O)C1CC2C3(C)CCCC(C)(C)C3CCC2(C)N1S(=O)(=O)c1ccc(C)cc1. The van der Waals surface area contributed by atoms with Crippen molar-refractivity contribution in [2.45, 2.75) is 89.6 Å². The Morgan fingerprint density at radius 1 is 1.03 bits per heavy atom. The molecule has 3 aliphatic rings. The van der Waals surface area contributed by atoms with Gasteiger partial charge in [-0.05, 0) is 80.8 Å². The molecule has 1 aromatic rings. The number of nitrogens with zero attached hydrogens (tertiary/aromatic N) is 1. The lowest BCUT2D eigenvalue weighted by Gasteiger charge is -2.61. The van der Waals surface area contributed by atoms with Gasteiger partial charge in [0.1, 0.15) is 6.04 Å². The van der Waals surface area contributed by atoms with E-state index in [0.717, 1.165) is 31.2 Å². The smallest absolute Gasteiger partial charge is 0.324 e. The minimum absolute atomic E-state index is 0.0125. The molecule has 0 bridgehead atoms. The Kier molecular flexibility index (Phi) is 5.37. The molecule has 3 fully saturated rings. The lowest BCUT2D eigenvalue weighted by atomic mass is 9.45. The van der Waals surface area contributed by atoms with Gasteiger partial charge in [-0.25, -0.2) is 8.42 Å². The van der Waals surface area contributed by atoms with Crippen LogP contribution < -0.4 is 0 Å². The van der Waals surface area contributed by atoms with Gasteiger partial charge in [0, 0.05) is 5.54 Å². The molecule has 1 aliphatic heterocycles. The van der Waals surface area contributed by atoms with E-state index in [4.69, 9.17) is 4.74 Å². The minimum Gasteiger partial charge on any atom is -0.468 e. The number of sulfonamides is 1. The van der Waals surface area contributed by atoms with Gasteiger partial charge in [0.25, 0.3) is 0 Å². The van der Waals surface area contributed by atoms with Crippen LogP contribution in [0.4, 0.5) is 0 Å². The number of hydrogen-bond acceptors (Lipinski definition) is 4. The van der Waals surface area contributed by atoms with Crippen molar-refractivity contribution < 1.29 is 17.9 Å². The fourth-order valence-electron chi connectivity index (χ4n) is 7.68. The first kappa shape index (κ1) is 22.8. The summed E-state index contributed by atoms with van der Waals surface area (Å²) in [7, 11) is -2.49. The van der Waals surface area contributed by atoms with Crippen molar-refractivity contribution in [1.29, 1.82) is 0 Å². The lowest BCUT2D eigenvalue weighted by molar-refractivity contribution is -0.145. The highest BCUT2D eigenvalue weighted by Gasteiger charge is 2.67. The number of aryl methyl sites for hydroxylation is 1. The molecule has 0 radical (unpaired) electrons. The molecule has 6 heteroatoms. The van der Waals surface area contributed by atoms with Crippen LogP contribution in [-0.2, 0) is 19.6 Å². The molecule has 0 N–H and O–H groups in total. The van der Waals surface area contributed by atoms with E-state index < -0.39 is 27.6 Å². The standard InChI is InChI=1S/C25H37NO4S/c1-17-8-10-18(11-9-17)31(28,29)26-19(22(27)30-6)16-21-24(4)14-7-13-23(2,3)20(24)12-15-25(21,26)5/h8-11,19-21H,7,12-16H2,1-6H3. The Morgan fingerprint density at radius 2 is 1.68 bits per heavy atom. The van der Waals surface area contributed by atoms with Crippen LogP contribution in [-0.4, -0.2) is 37.4 Å². The van der Waals surface area contributed by atoms with Crippen molar-refractivity contribution in [1.82, 2.24) is 4.31 Å². The summed E-state index contributed by atoms with van der Waals surface area (Å²) in [6.07, 6.45) is 5.76. The Bertz CT molecular complexity index is 970. The monoisotopic (exact) mass is 447 g/mol. The van der Waals surface area contributed by atoms with Gasteiger partial charge >= 0.3 is 5.97 Å². The van der Waals surface area contributed by atoms with Crippen LogP contribution >= 0.6 is 0 Å². The third-order valence-electron chi connectivity index (χ3n) is 9.06. The highest BCUT2D eigenvalue weighted by molar-refractivity contribution is 7.89. The van der Waals surface area contributed by atoms with E-state index in [0.29, 0.717) is 12.3 Å². The average molecular weight is 448 g/mol. The molecule has 2 aliphatic carbocycles. The van der Waals surface area contributed by atoms with Crippen LogP contribution in [0.3, 0.4) is 0 Å². The number of esters is 1. The second kappa shape index (κ2) is 7.31. The second-order valence-electron chi connectivity index (χ2n) is 11.2. The van der Waals surface area contributed by atoms with E-state index in [-0.39, 0.29) is 21.6 Å². The number of rotatable bonds is 3. The van der Waals surface area contributed by atoms with E-state index >= 15 is 0 Å². The van der Waals surface area contributed by atoms with E-state index in [1.54, 1.807) is 16.4 Å². The number of carbonyl (C=O) groups is 1. The van der Waals surface area contributed by atoms with Gasteiger partial charge in [0.15, 0.2) is 0 Å². The second-order valence-corrected chi connectivity index (χ2v) is 13.1. The van der Waals surface area contributed by atoms with Gasteiger partial charge in [-0.2, -0.15) is 4.31 Å². The summed E-state index contributed by atoms with van der Waals surface area (Å²) in [6, 6.07) is 6.18. The predicted octanol–water partition coefficient (Wildman–Crippen LogP) is 4.93. The van der Waals surface area contributed by atoms with Crippen LogP contribution in [0.15, 0.2) is 29.2 Å². The summed E-state index contributed by atoms with van der Waals surface area (Å²) in [6.45, 7) is 11.1. The van der Waals surface area contributed by atoms with Crippen LogP contribution in [0, 0.1) is 29.6 Å². The third-order valence-corrected chi connectivity index (χ3v) is 11.1. The Balaban J connectivity index is 1.84. The van der Waals surface area contributed by atoms with Gasteiger partial charge < -0.3 is 4.74 Å². The van der Waals surface area contributed by atoms with Crippen molar-refractivity contribution in [2.24, 2.45) is 22.7 Å². The average Bonchev–Trinajstić information content (AvgIpc) is 3.02. The van der Waals surface area contributed by atoms with Crippen LogP contribution in [0.2, 0.25) is 0 Å². The molecule has 2 saturated carbocycles. The Hall–Kier alpha value is -1.40. The molecule has 4 rings (SSSR count). The molecule has 31 heavy (non-hydrogen) atoms. The molecule has 1 heterocycles. The van der Waals surface area contributed by atoms with Crippen molar-refractivity contribution in [3.05, 3.63) is 29.8 Å². The van der Waals surface area contributed by atoms with Crippen LogP contribution in [0.1, 0.15) is 71.8 Å². The van der Waals surface area contributed by atoms with Crippen molar-refractivity contribution in [3.63, 3.8) is 0 Å². The molecular formula is C25H37NO4S. The molecule has 0 aromatic heterocycles. The topological polar surface area (TPSA) is 63.7 Å². The van der Waals surface area contributed by atoms with Crippen LogP contribution in [0.25, 0.3) is 0 Å². The molecule has 5 nitrogen and oxygen atoms in total. The molecule has 1 aromatic carbocycles. The lowest BCUT2D eigenvalue weighted by Crippen LogP contribution is -2.61. The zero-order chi connectivity index (χ0) is 22.8. The maximum atomic E-state index is 13.9. The first-order chi connectivity index (χ1) is 14.4. The van der Waals surface area contributed by atoms with Gasteiger partial charge in [-0.3, -0.25) is 4.79 Å². The molecule has 5 atom stereocenters. The number of fused-ring (bicyclic) bond motifs is 3. The van der Waals surface area contributed by atoms with E-state index in [9.17, 15) is 13.2 Å². The number of benzene rings is 1. The summed E-state index contributed by atoms with van der Waals surface area (Å²) in [5.41, 5.74) is 0.657. The Labute approximate surface area is 187 Å². The summed E-state index contributed by atoms with van der Waals surface area (Å²) in [4.78, 5) is 13.2. The largest absolute Gasteiger partial charge is 0.468 e. The first-order valence-electron chi connectivity index (χ1n) is 11.6. The maximum Gasteiger partial charge on any atom is 0.324 e. The predicted molar refractivity (Wildman–Crippen MR) is 121 cm³/mol. The highest BCUT2D eigenvalue weighted by atomic mass is 32.2. The summed E-state index contributed by atoms with van der Waals surface area (Å²) in [5.74, 6) is 0.219.